The molecule has 0 aromatic heterocycles. The monoisotopic (exact) mass is 189 g/mol. The highest BCUT2D eigenvalue weighted by molar-refractivity contribution is 5.62. The van der Waals surface area contributed by atoms with Gasteiger partial charge in [0, 0.05) is 0 Å². The maximum absolute atomic E-state index is 12.9. The van der Waals surface area contributed by atoms with Gasteiger partial charge in [-0.05, 0) is 35.4 Å². The molecular weight excluding hydrogens is 182 g/mol. The van der Waals surface area contributed by atoms with Crippen LogP contribution in [0.25, 0.3) is 11.1 Å². The van der Waals surface area contributed by atoms with Gasteiger partial charge in [0.1, 0.15) is 0 Å². The van der Waals surface area contributed by atoms with Crippen molar-refractivity contribution in [2.45, 2.75) is 0 Å². The van der Waals surface area contributed by atoms with Crippen LogP contribution in [0.15, 0.2) is 42.5 Å². The molecule has 0 amide bonds. The van der Waals surface area contributed by atoms with Crippen molar-refractivity contribution in [3.63, 3.8) is 0 Å². The molecule has 69 valence electrons. The van der Waals surface area contributed by atoms with Crippen molar-refractivity contribution in [3.05, 3.63) is 60.2 Å². The summed E-state index contributed by atoms with van der Waals surface area (Å²) in [5.74, 6) is -1.65. The Kier molecular flexibility index (Phi) is 2.27. The number of halogens is 2. The van der Waals surface area contributed by atoms with Crippen LogP contribution >= 0.6 is 0 Å². The molecule has 0 aliphatic carbocycles. The maximum Gasteiger partial charge on any atom is 0.159 e. The molecule has 14 heavy (non-hydrogen) atoms. The smallest absolute Gasteiger partial charge is 0.159 e. The van der Waals surface area contributed by atoms with Gasteiger partial charge < -0.3 is 0 Å². The van der Waals surface area contributed by atoms with Crippen LogP contribution in [-0.2, 0) is 0 Å². The van der Waals surface area contributed by atoms with Crippen LogP contribution in [0.3, 0.4) is 0 Å². The molecule has 0 fully saturated rings. The lowest BCUT2D eigenvalue weighted by Gasteiger charge is -2.01. The maximum atomic E-state index is 12.9. The highest BCUT2D eigenvalue weighted by Crippen LogP contribution is 2.20. The first-order chi connectivity index (χ1) is 6.77. The molecule has 0 aliphatic heterocycles. The lowest BCUT2D eigenvalue weighted by molar-refractivity contribution is 0.509. The molecule has 0 heterocycles. The summed E-state index contributed by atoms with van der Waals surface area (Å²) in [7, 11) is 0. The largest absolute Gasteiger partial charge is 0.204 e. The van der Waals surface area contributed by atoms with Gasteiger partial charge in [-0.25, -0.2) is 8.78 Å². The summed E-state index contributed by atoms with van der Waals surface area (Å²) in [6, 6.07) is 13.8. The average Bonchev–Trinajstić information content (AvgIpc) is 2.23. The molecule has 0 saturated heterocycles. The average molecular weight is 189 g/mol. The molecule has 0 aliphatic rings. The minimum absolute atomic E-state index is 0.653. The SMILES string of the molecule is Fc1ccc(-c2c[c]ccc2)cc1F. The normalized spacial score (nSPS) is 10.1. The Morgan fingerprint density at radius 1 is 0.929 bits per heavy atom. The third-order valence-corrected chi connectivity index (χ3v) is 1.96. The van der Waals surface area contributed by atoms with Gasteiger partial charge in [0.05, 0.1) is 0 Å². The summed E-state index contributed by atoms with van der Waals surface area (Å²) in [6.45, 7) is 0. The first-order valence-electron chi connectivity index (χ1n) is 4.19. The summed E-state index contributed by atoms with van der Waals surface area (Å²) in [5, 5.41) is 0. The van der Waals surface area contributed by atoms with Crippen LogP contribution in [0.1, 0.15) is 0 Å². The molecule has 0 atom stereocenters. The Morgan fingerprint density at radius 3 is 2.43 bits per heavy atom. The van der Waals surface area contributed by atoms with Gasteiger partial charge in [0.2, 0.25) is 0 Å². The second-order valence-corrected chi connectivity index (χ2v) is 2.92. The zero-order valence-electron chi connectivity index (χ0n) is 7.30. The van der Waals surface area contributed by atoms with Gasteiger partial charge in [-0.2, -0.15) is 0 Å². The first-order valence-corrected chi connectivity index (χ1v) is 4.19. The number of benzene rings is 2. The fourth-order valence-electron chi connectivity index (χ4n) is 1.25. The summed E-state index contributed by atoms with van der Waals surface area (Å²) in [6.07, 6.45) is 0. The number of hydrogen-bond donors (Lipinski definition) is 0. The third-order valence-electron chi connectivity index (χ3n) is 1.96. The fraction of sp³-hybridized carbons (Fsp3) is 0. The van der Waals surface area contributed by atoms with E-state index in [1.54, 1.807) is 24.3 Å². The van der Waals surface area contributed by atoms with E-state index in [2.05, 4.69) is 6.07 Å². The summed E-state index contributed by atoms with van der Waals surface area (Å²) >= 11 is 0. The highest BCUT2D eigenvalue weighted by atomic mass is 19.2. The first kappa shape index (κ1) is 8.88. The van der Waals surface area contributed by atoms with Gasteiger partial charge >= 0.3 is 0 Å². The Morgan fingerprint density at radius 2 is 1.79 bits per heavy atom. The van der Waals surface area contributed by atoms with Crippen LogP contribution in [0.2, 0.25) is 0 Å². The topological polar surface area (TPSA) is 0 Å². The van der Waals surface area contributed by atoms with Crippen molar-refractivity contribution in [2.24, 2.45) is 0 Å². The predicted molar refractivity (Wildman–Crippen MR) is 50.6 cm³/mol. The van der Waals surface area contributed by atoms with E-state index >= 15 is 0 Å². The summed E-state index contributed by atoms with van der Waals surface area (Å²) in [5.41, 5.74) is 1.48. The van der Waals surface area contributed by atoms with Crippen LogP contribution in [0, 0.1) is 17.7 Å². The zero-order chi connectivity index (χ0) is 9.97. The molecule has 0 saturated carbocycles. The van der Waals surface area contributed by atoms with Crippen molar-refractivity contribution in [3.8, 4) is 11.1 Å². The molecular formula is C12H7F2. The van der Waals surface area contributed by atoms with Crippen molar-refractivity contribution in [1.82, 2.24) is 0 Å². The van der Waals surface area contributed by atoms with E-state index in [-0.39, 0.29) is 0 Å². The summed E-state index contributed by atoms with van der Waals surface area (Å²) < 4.78 is 25.5. The second kappa shape index (κ2) is 3.58. The van der Waals surface area contributed by atoms with E-state index in [0.717, 1.165) is 11.6 Å². The summed E-state index contributed by atoms with van der Waals surface area (Å²) in [4.78, 5) is 0. The molecule has 0 unspecified atom stereocenters. The van der Waals surface area contributed by atoms with E-state index in [1.807, 2.05) is 6.07 Å². The van der Waals surface area contributed by atoms with Crippen LogP contribution in [0.5, 0.6) is 0 Å². The van der Waals surface area contributed by atoms with Crippen molar-refractivity contribution < 1.29 is 8.78 Å². The molecule has 0 spiro atoms. The Labute approximate surface area is 80.8 Å². The van der Waals surface area contributed by atoms with Crippen molar-refractivity contribution in [2.75, 3.05) is 0 Å². The Hall–Kier alpha value is -1.70. The molecule has 2 heteroatoms. The van der Waals surface area contributed by atoms with E-state index in [9.17, 15) is 8.78 Å². The number of hydrogen-bond acceptors (Lipinski definition) is 0. The standard InChI is InChI=1S/C12H7F2/c13-11-7-6-10(8-12(11)14)9-4-2-1-3-5-9/h1-2,4-8H. The van der Waals surface area contributed by atoms with E-state index in [1.165, 1.54) is 6.07 Å². The van der Waals surface area contributed by atoms with Crippen molar-refractivity contribution in [1.29, 1.82) is 0 Å². The molecule has 2 aromatic rings. The lowest BCUT2D eigenvalue weighted by atomic mass is 10.1. The predicted octanol–water partition coefficient (Wildman–Crippen LogP) is 3.43. The quantitative estimate of drug-likeness (QED) is 0.644. The van der Waals surface area contributed by atoms with Gasteiger partial charge in [-0.15, -0.1) is 0 Å². The van der Waals surface area contributed by atoms with Gasteiger partial charge in [0.15, 0.2) is 11.6 Å². The molecule has 0 bridgehead atoms. The Balaban J connectivity index is 2.48. The van der Waals surface area contributed by atoms with Gasteiger partial charge in [-0.3, -0.25) is 0 Å². The fourth-order valence-corrected chi connectivity index (χ4v) is 1.25. The second-order valence-electron chi connectivity index (χ2n) is 2.92. The van der Waals surface area contributed by atoms with Crippen molar-refractivity contribution >= 4 is 0 Å². The third kappa shape index (κ3) is 1.64. The molecule has 2 rings (SSSR count). The zero-order valence-corrected chi connectivity index (χ0v) is 7.30. The van der Waals surface area contributed by atoms with E-state index in [4.69, 9.17) is 0 Å². The molecule has 2 aromatic carbocycles. The minimum Gasteiger partial charge on any atom is -0.204 e. The molecule has 0 nitrogen and oxygen atoms in total. The van der Waals surface area contributed by atoms with Crippen LogP contribution < -0.4 is 0 Å². The van der Waals surface area contributed by atoms with Crippen LogP contribution in [-0.4, -0.2) is 0 Å². The molecule has 0 N–H and O–H groups in total. The van der Waals surface area contributed by atoms with Gasteiger partial charge in [-0.1, -0.05) is 24.3 Å². The molecule has 1 radical (unpaired) electrons. The lowest BCUT2D eigenvalue weighted by Crippen LogP contribution is -1.84. The number of rotatable bonds is 1. The van der Waals surface area contributed by atoms with Crippen LogP contribution in [0.4, 0.5) is 8.78 Å². The Bertz CT molecular complexity index is 435. The van der Waals surface area contributed by atoms with Gasteiger partial charge in [0.25, 0.3) is 0 Å². The highest BCUT2D eigenvalue weighted by Gasteiger charge is 2.03. The van der Waals surface area contributed by atoms with E-state index < -0.39 is 11.6 Å². The van der Waals surface area contributed by atoms with E-state index in [0.29, 0.717) is 5.56 Å². The minimum atomic E-state index is -0.827.